The second-order valence-electron chi connectivity index (χ2n) is 7.49. The van der Waals surface area contributed by atoms with Crippen molar-refractivity contribution in [3.63, 3.8) is 0 Å². The number of aromatic nitrogens is 3. The molecule has 1 aliphatic heterocycles. The maximum absolute atomic E-state index is 13.5. The molecule has 1 aliphatic rings. The topological polar surface area (TPSA) is 39.9 Å². The summed E-state index contributed by atoms with van der Waals surface area (Å²) in [6.07, 6.45) is 8.92. The Kier molecular flexibility index (Phi) is 5.11. The van der Waals surface area contributed by atoms with E-state index in [9.17, 15) is 4.39 Å². The van der Waals surface area contributed by atoms with Crippen molar-refractivity contribution in [2.75, 3.05) is 6.61 Å². The van der Waals surface area contributed by atoms with Crippen molar-refractivity contribution in [2.45, 2.75) is 25.5 Å². The summed E-state index contributed by atoms with van der Waals surface area (Å²) in [5, 5.41) is 5.93. The molecule has 5 rings (SSSR count). The Balaban J connectivity index is 1.60. The molecule has 1 unspecified atom stereocenters. The molecule has 1 fully saturated rings. The highest BCUT2D eigenvalue weighted by Gasteiger charge is 2.21. The number of pyridine rings is 1. The maximum atomic E-state index is 13.5. The second-order valence-corrected chi connectivity index (χ2v) is 7.49. The zero-order chi connectivity index (χ0) is 20.3. The predicted octanol–water partition coefficient (Wildman–Crippen LogP) is 6.11. The van der Waals surface area contributed by atoms with Gasteiger partial charge in [-0.25, -0.2) is 9.07 Å². The van der Waals surface area contributed by atoms with E-state index >= 15 is 0 Å². The molecule has 2 aromatic carbocycles. The van der Waals surface area contributed by atoms with Crippen molar-refractivity contribution >= 4 is 23.1 Å². The van der Waals surface area contributed by atoms with Crippen LogP contribution in [0.25, 0.3) is 34.3 Å². The Morgan fingerprint density at radius 1 is 1.00 bits per heavy atom. The van der Waals surface area contributed by atoms with E-state index < -0.39 is 0 Å². The molecule has 0 amide bonds. The molecule has 3 heterocycles. The molecule has 0 saturated carbocycles. The largest absolute Gasteiger partial charge is 0.356 e. The van der Waals surface area contributed by atoms with Gasteiger partial charge in [-0.3, -0.25) is 4.98 Å². The van der Waals surface area contributed by atoms with Gasteiger partial charge >= 0.3 is 0 Å². The minimum Gasteiger partial charge on any atom is -0.356 e. The Labute approximate surface area is 174 Å². The lowest BCUT2D eigenvalue weighted by Crippen LogP contribution is -2.19. The average Bonchev–Trinajstić information content (AvgIpc) is 3.18. The normalized spacial score (nSPS) is 17.0. The number of nitrogens with zero attached hydrogens (tertiary/aromatic N) is 3. The molecule has 30 heavy (non-hydrogen) atoms. The fraction of sp³-hybridized carbons (Fsp3) is 0.200. The number of hydrogen-bond acceptors (Lipinski definition) is 3. The number of halogens is 1. The van der Waals surface area contributed by atoms with E-state index in [0.29, 0.717) is 0 Å². The monoisotopic (exact) mass is 399 g/mol. The van der Waals surface area contributed by atoms with Gasteiger partial charge in [0.2, 0.25) is 0 Å². The van der Waals surface area contributed by atoms with E-state index in [2.05, 4.69) is 23.2 Å². The third-order valence-corrected chi connectivity index (χ3v) is 5.41. The Morgan fingerprint density at radius 3 is 2.67 bits per heavy atom. The van der Waals surface area contributed by atoms with Gasteiger partial charge in [0, 0.05) is 23.8 Å². The lowest BCUT2D eigenvalue weighted by Gasteiger charge is -2.23. The fourth-order valence-electron chi connectivity index (χ4n) is 3.88. The Bertz CT molecular complexity index is 1180. The van der Waals surface area contributed by atoms with Crippen molar-refractivity contribution < 1.29 is 9.13 Å². The first kappa shape index (κ1) is 18.7. The fourth-order valence-corrected chi connectivity index (χ4v) is 3.88. The van der Waals surface area contributed by atoms with Gasteiger partial charge in [-0.05, 0) is 79.4 Å². The van der Waals surface area contributed by atoms with Crippen molar-refractivity contribution in [3.8, 4) is 11.3 Å². The number of fused-ring (bicyclic) bond motifs is 1. The summed E-state index contributed by atoms with van der Waals surface area (Å²) >= 11 is 0. The predicted molar refractivity (Wildman–Crippen MR) is 117 cm³/mol. The van der Waals surface area contributed by atoms with Gasteiger partial charge in [-0.1, -0.05) is 18.2 Å². The van der Waals surface area contributed by atoms with Gasteiger partial charge in [-0.2, -0.15) is 5.10 Å². The minimum atomic E-state index is -0.253. The van der Waals surface area contributed by atoms with Crippen LogP contribution in [0.15, 0.2) is 66.9 Å². The van der Waals surface area contributed by atoms with Gasteiger partial charge in [0.05, 0.1) is 11.2 Å². The molecular weight excluding hydrogens is 377 g/mol. The molecule has 1 atom stereocenters. The molecular formula is C25H22FN3O. The standard InChI is InChI=1S/C25H22FN3O/c26-20-11-9-19(10-12-20)25-22-17-18(7-13-21-5-1-3-15-27-21)8-14-23(22)29(28-25)24-6-2-4-16-30-24/h1,3,5,7-15,17,24H,2,4,6,16H2/b13-7+. The maximum Gasteiger partial charge on any atom is 0.150 e. The van der Waals surface area contributed by atoms with E-state index in [1.807, 2.05) is 35.0 Å². The molecule has 0 radical (unpaired) electrons. The summed E-state index contributed by atoms with van der Waals surface area (Å²) < 4.78 is 21.5. The van der Waals surface area contributed by atoms with Gasteiger partial charge in [0.1, 0.15) is 11.5 Å². The van der Waals surface area contributed by atoms with Gasteiger partial charge < -0.3 is 4.74 Å². The zero-order valence-electron chi connectivity index (χ0n) is 16.5. The minimum absolute atomic E-state index is 0.0645. The van der Waals surface area contributed by atoms with Crippen molar-refractivity contribution in [1.29, 1.82) is 0 Å². The quantitative estimate of drug-likeness (QED) is 0.416. The summed E-state index contributed by atoms with van der Waals surface area (Å²) in [7, 11) is 0. The number of rotatable bonds is 4. The Morgan fingerprint density at radius 2 is 1.90 bits per heavy atom. The van der Waals surface area contributed by atoms with Crippen LogP contribution in [0.2, 0.25) is 0 Å². The molecule has 4 aromatic rings. The average molecular weight is 399 g/mol. The lowest BCUT2D eigenvalue weighted by molar-refractivity contribution is -0.0365. The highest BCUT2D eigenvalue weighted by molar-refractivity contribution is 5.95. The van der Waals surface area contributed by atoms with Crippen LogP contribution in [0.3, 0.4) is 0 Å². The van der Waals surface area contributed by atoms with Crippen molar-refractivity contribution in [2.24, 2.45) is 0 Å². The summed E-state index contributed by atoms with van der Waals surface area (Å²) in [6.45, 7) is 0.753. The van der Waals surface area contributed by atoms with E-state index in [0.717, 1.165) is 59.3 Å². The van der Waals surface area contributed by atoms with Crippen LogP contribution in [0.1, 0.15) is 36.7 Å². The van der Waals surface area contributed by atoms with E-state index in [1.165, 1.54) is 12.1 Å². The molecule has 0 N–H and O–H groups in total. The van der Waals surface area contributed by atoms with Crippen molar-refractivity contribution in [1.82, 2.24) is 14.8 Å². The molecule has 0 aliphatic carbocycles. The summed E-state index contributed by atoms with van der Waals surface area (Å²) in [4.78, 5) is 4.34. The SMILES string of the molecule is Fc1ccc(-c2nn(C3CCCCO3)c3ccc(/C=C/c4ccccn4)cc23)cc1. The second kappa shape index (κ2) is 8.20. The molecule has 2 aromatic heterocycles. The molecule has 5 heteroatoms. The number of benzene rings is 2. The van der Waals surface area contributed by atoms with Gasteiger partial charge in [0.25, 0.3) is 0 Å². The van der Waals surface area contributed by atoms with E-state index in [1.54, 1.807) is 18.3 Å². The first-order chi connectivity index (χ1) is 14.8. The van der Waals surface area contributed by atoms with Crippen LogP contribution in [-0.4, -0.2) is 21.4 Å². The summed E-state index contributed by atoms with van der Waals surface area (Å²) in [6, 6.07) is 18.6. The highest BCUT2D eigenvalue weighted by atomic mass is 19.1. The number of hydrogen-bond donors (Lipinski definition) is 0. The van der Waals surface area contributed by atoms with Crippen LogP contribution < -0.4 is 0 Å². The summed E-state index contributed by atoms with van der Waals surface area (Å²) in [5.74, 6) is -0.253. The first-order valence-electron chi connectivity index (χ1n) is 10.3. The van der Waals surface area contributed by atoms with E-state index in [-0.39, 0.29) is 12.0 Å². The highest BCUT2D eigenvalue weighted by Crippen LogP contribution is 2.33. The Hall–Kier alpha value is -3.31. The van der Waals surface area contributed by atoms with Crippen LogP contribution in [0, 0.1) is 5.82 Å². The molecule has 150 valence electrons. The van der Waals surface area contributed by atoms with E-state index in [4.69, 9.17) is 9.84 Å². The zero-order valence-corrected chi connectivity index (χ0v) is 16.5. The first-order valence-corrected chi connectivity index (χ1v) is 10.3. The van der Waals surface area contributed by atoms with Crippen LogP contribution in [-0.2, 0) is 4.74 Å². The molecule has 4 nitrogen and oxygen atoms in total. The third-order valence-electron chi connectivity index (χ3n) is 5.41. The van der Waals surface area contributed by atoms with Gasteiger partial charge in [0.15, 0.2) is 6.23 Å². The van der Waals surface area contributed by atoms with Crippen LogP contribution in [0.5, 0.6) is 0 Å². The smallest absolute Gasteiger partial charge is 0.150 e. The van der Waals surface area contributed by atoms with Crippen LogP contribution in [0.4, 0.5) is 4.39 Å². The molecule has 0 bridgehead atoms. The molecule has 0 spiro atoms. The van der Waals surface area contributed by atoms with Crippen LogP contribution >= 0.6 is 0 Å². The lowest BCUT2D eigenvalue weighted by atomic mass is 10.0. The van der Waals surface area contributed by atoms with Crippen molar-refractivity contribution in [3.05, 3.63) is 83.9 Å². The third kappa shape index (κ3) is 3.76. The number of ether oxygens (including phenoxy) is 1. The molecule has 1 saturated heterocycles. The van der Waals surface area contributed by atoms with Gasteiger partial charge in [-0.15, -0.1) is 0 Å². The summed E-state index contributed by atoms with van der Waals surface area (Å²) in [5.41, 5.74) is 4.72.